The van der Waals surface area contributed by atoms with Gasteiger partial charge in [-0.05, 0) is 60.3 Å². The third kappa shape index (κ3) is 5.88. The van der Waals surface area contributed by atoms with Gasteiger partial charge in [0.25, 0.3) is 5.91 Å². The van der Waals surface area contributed by atoms with Gasteiger partial charge in [0.05, 0.1) is 12.6 Å². The topological polar surface area (TPSA) is 105 Å². The zero-order chi connectivity index (χ0) is 23.9. The van der Waals surface area contributed by atoms with E-state index < -0.39 is 0 Å². The van der Waals surface area contributed by atoms with E-state index in [9.17, 15) is 14.4 Å². The molecule has 7 nitrogen and oxygen atoms in total. The Balaban J connectivity index is 1.29. The van der Waals surface area contributed by atoms with Crippen LogP contribution in [0.2, 0.25) is 0 Å². The van der Waals surface area contributed by atoms with Crippen LogP contribution >= 0.6 is 0 Å². The van der Waals surface area contributed by atoms with Gasteiger partial charge in [-0.2, -0.15) is 0 Å². The fraction of sp³-hybridized carbons (Fsp3) is 0.222. The molecule has 3 aromatic carbocycles. The van der Waals surface area contributed by atoms with Crippen molar-refractivity contribution < 1.29 is 14.4 Å². The van der Waals surface area contributed by atoms with E-state index in [1.54, 1.807) is 18.2 Å². The maximum atomic E-state index is 12.4. The molecular formula is C27H28N4O3. The number of primary amides is 1. The number of carbonyl (C=O) groups excluding carboxylic acids is 3. The van der Waals surface area contributed by atoms with Gasteiger partial charge in [-0.3, -0.25) is 19.3 Å². The number of likely N-dealkylation sites (tertiary alicyclic amines) is 1. The maximum absolute atomic E-state index is 12.4. The lowest BCUT2D eigenvalue weighted by Gasteiger charge is -2.22. The van der Waals surface area contributed by atoms with Crippen molar-refractivity contribution in [3.8, 4) is 11.1 Å². The summed E-state index contributed by atoms with van der Waals surface area (Å²) in [5, 5.41) is 5.47. The Morgan fingerprint density at radius 3 is 2.38 bits per heavy atom. The van der Waals surface area contributed by atoms with E-state index in [0.29, 0.717) is 17.8 Å². The number of rotatable bonds is 8. The molecule has 174 valence electrons. The molecule has 0 saturated carbocycles. The summed E-state index contributed by atoms with van der Waals surface area (Å²) in [5.41, 5.74) is 9.70. The molecule has 3 amide bonds. The van der Waals surface area contributed by atoms with Crippen LogP contribution in [0.5, 0.6) is 0 Å². The van der Waals surface area contributed by atoms with Crippen LogP contribution in [0.25, 0.3) is 11.1 Å². The molecule has 1 fully saturated rings. The van der Waals surface area contributed by atoms with E-state index in [4.69, 9.17) is 5.73 Å². The molecule has 0 aliphatic carbocycles. The van der Waals surface area contributed by atoms with Crippen molar-refractivity contribution in [1.29, 1.82) is 0 Å². The van der Waals surface area contributed by atoms with Crippen molar-refractivity contribution in [2.45, 2.75) is 25.4 Å². The number of amides is 3. The van der Waals surface area contributed by atoms with Crippen LogP contribution in [0.3, 0.4) is 0 Å². The molecule has 1 atom stereocenters. The molecule has 4 rings (SSSR count). The highest BCUT2D eigenvalue weighted by Crippen LogP contribution is 2.21. The summed E-state index contributed by atoms with van der Waals surface area (Å²) in [6, 6.07) is 24.4. The highest BCUT2D eigenvalue weighted by atomic mass is 16.2. The van der Waals surface area contributed by atoms with Crippen molar-refractivity contribution in [2.24, 2.45) is 5.73 Å². The molecule has 1 aliphatic rings. The molecule has 1 aliphatic heterocycles. The van der Waals surface area contributed by atoms with E-state index in [2.05, 4.69) is 15.5 Å². The minimum absolute atomic E-state index is 0.140. The molecule has 3 aromatic rings. The van der Waals surface area contributed by atoms with E-state index in [1.807, 2.05) is 60.7 Å². The number of hydrogen-bond acceptors (Lipinski definition) is 4. The second-order valence-corrected chi connectivity index (χ2v) is 8.41. The number of nitrogens with two attached hydrogens (primary N) is 1. The number of carbonyl (C=O) groups is 3. The summed E-state index contributed by atoms with van der Waals surface area (Å²) >= 11 is 0. The molecule has 0 aromatic heterocycles. The monoisotopic (exact) mass is 456 g/mol. The highest BCUT2D eigenvalue weighted by Gasteiger charge is 2.28. The molecule has 0 radical (unpaired) electrons. The second kappa shape index (κ2) is 10.8. The summed E-state index contributed by atoms with van der Waals surface area (Å²) in [4.78, 5) is 38.5. The van der Waals surface area contributed by atoms with Crippen molar-refractivity contribution >= 4 is 23.4 Å². The molecule has 7 heteroatoms. The first-order valence-electron chi connectivity index (χ1n) is 11.4. The normalized spacial score (nSPS) is 15.6. The number of nitrogens with zero attached hydrogens (tertiary/aromatic N) is 1. The maximum Gasteiger partial charge on any atom is 0.251 e. The SMILES string of the molecule is NC(=O)C1CCCN1Cc1cccc(NC(=O)CNC(=O)c2ccc(-c3ccccc3)cc2)c1. The lowest BCUT2D eigenvalue weighted by atomic mass is 10.0. The number of nitrogens with one attached hydrogen (secondary N) is 2. The smallest absolute Gasteiger partial charge is 0.251 e. The van der Waals surface area contributed by atoms with Gasteiger partial charge in [-0.1, -0.05) is 54.6 Å². The summed E-state index contributed by atoms with van der Waals surface area (Å²) in [6.45, 7) is 1.27. The van der Waals surface area contributed by atoms with Crippen LogP contribution in [-0.2, 0) is 16.1 Å². The Labute approximate surface area is 199 Å². The third-order valence-electron chi connectivity index (χ3n) is 5.95. The Kier molecular flexibility index (Phi) is 7.34. The molecule has 1 heterocycles. The Bertz CT molecular complexity index is 1160. The highest BCUT2D eigenvalue weighted by molar-refractivity contribution is 5.99. The molecule has 0 spiro atoms. The van der Waals surface area contributed by atoms with Gasteiger partial charge < -0.3 is 16.4 Å². The van der Waals surface area contributed by atoms with Gasteiger partial charge in [-0.25, -0.2) is 0 Å². The fourth-order valence-corrected chi connectivity index (χ4v) is 4.23. The molecule has 4 N–H and O–H groups in total. The minimum atomic E-state index is -0.317. The van der Waals surface area contributed by atoms with Crippen LogP contribution in [0.4, 0.5) is 5.69 Å². The van der Waals surface area contributed by atoms with Gasteiger partial charge in [0, 0.05) is 17.8 Å². The first kappa shape index (κ1) is 23.2. The Morgan fingerprint density at radius 1 is 0.912 bits per heavy atom. The predicted octanol–water partition coefficient (Wildman–Crippen LogP) is 3.17. The molecule has 0 bridgehead atoms. The lowest BCUT2D eigenvalue weighted by Crippen LogP contribution is -2.39. The quantitative estimate of drug-likeness (QED) is 0.484. The van der Waals surface area contributed by atoms with Crippen molar-refractivity contribution in [2.75, 3.05) is 18.4 Å². The van der Waals surface area contributed by atoms with E-state index in [0.717, 1.165) is 36.1 Å². The average molecular weight is 457 g/mol. The fourth-order valence-electron chi connectivity index (χ4n) is 4.23. The largest absolute Gasteiger partial charge is 0.368 e. The van der Waals surface area contributed by atoms with Gasteiger partial charge in [0.2, 0.25) is 11.8 Å². The van der Waals surface area contributed by atoms with Crippen LogP contribution in [0.15, 0.2) is 78.9 Å². The molecular weight excluding hydrogens is 428 g/mol. The van der Waals surface area contributed by atoms with Gasteiger partial charge in [0.1, 0.15) is 0 Å². The minimum Gasteiger partial charge on any atom is -0.368 e. The van der Waals surface area contributed by atoms with Crippen molar-refractivity contribution in [1.82, 2.24) is 10.2 Å². The van der Waals surface area contributed by atoms with E-state index in [1.165, 1.54) is 0 Å². The molecule has 1 unspecified atom stereocenters. The van der Waals surface area contributed by atoms with Crippen LogP contribution in [0, 0.1) is 0 Å². The Hall–Kier alpha value is -3.97. The molecule has 1 saturated heterocycles. The van der Waals surface area contributed by atoms with Gasteiger partial charge in [0.15, 0.2) is 0 Å². The first-order chi connectivity index (χ1) is 16.5. The summed E-state index contributed by atoms with van der Waals surface area (Å²) in [7, 11) is 0. The second-order valence-electron chi connectivity index (χ2n) is 8.41. The van der Waals surface area contributed by atoms with Crippen LogP contribution in [0.1, 0.15) is 28.8 Å². The van der Waals surface area contributed by atoms with Gasteiger partial charge in [-0.15, -0.1) is 0 Å². The number of hydrogen-bond donors (Lipinski definition) is 3. The number of anilines is 1. The lowest BCUT2D eigenvalue weighted by molar-refractivity contribution is -0.122. The zero-order valence-corrected chi connectivity index (χ0v) is 18.9. The zero-order valence-electron chi connectivity index (χ0n) is 18.9. The first-order valence-corrected chi connectivity index (χ1v) is 11.4. The van der Waals surface area contributed by atoms with Crippen LogP contribution in [-0.4, -0.2) is 41.8 Å². The molecule has 34 heavy (non-hydrogen) atoms. The van der Waals surface area contributed by atoms with E-state index in [-0.39, 0.29) is 30.3 Å². The standard InChI is InChI=1S/C27H28N4O3/c28-26(33)24-10-5-15-31(24)18-19-6-4-9-23(16-19)30-25(32)17-29-27(34)22-13-11-21(12-14-22)20-7-2-1-3-8-20/h1-4,6-9,11-14,16,24H,5,10,15,17-18H2,(H2,28,33)(H,29,34)(H,30,32). The van der Waals surface area contributed by atoms with E-state index >= 15 is 0 Å². The summed E-state index contributed by atoms with van der Waals surface area (Å²) < 4.78 is 0. The Morgan fingerprint density at radius 2 is 1.65 bits per heavy atom. The summed E-state index contributed by atoms with van der Waals surface area (Å²) in [5.74, 6) is -0.926. The van der Waals surface area contributed by atoms with Crippen LogP contribution < -0.4 is 16.4 Å². The van der Waals surface area contributed by atoms with Crippen molar-refractivity contribution in [3.63, 3.8) is 0 Å². The predicted molar refractivity (Wildman–Crippen MR) is 132 cm³/mol. The average Bonchev–Trinajstić information content (AvgIpc) is 3.32. The number of benzene rings is 3. The summed E-state index contributed by atoms with van der Waals surface area (Å²) in [6.07, 6.45) is 1.72. The third-order valence-corrected chi connectivity index (χ3v) is 5.95. The van der Waals surface area contributed by atoms with Gasteiger partial charge >= 0.3 is 0 Å². The van der Waals surface area contributed by atoms with Crippen molar-refractivity contribution in [3.05, 3.63) is 90.0 Å².